The van der Waals surface area contributed by atoms with E-state index in [-0.39, 0.29) is 0 Å². The number of carbonyl (C=O) groups excluding carboxylic acids is 2. The van der Waals surface area contributed by atoms with Crippen LogP contribution in [-0.4, -0.2) is 25.2 Å². The predicted molar refractivity (Wildman–Crippen MR) is 63.3 cm³/mol. The molecule has 0 spiro atoms. The Morgan fingerprint density at radius 1 is 1.12 bits per heavy atom. The summed E-state index contributed by atoms with van der Waals surface area (Å²) < 4.78 is 9.64. The van der Waals surface area contributed by atoms with Gasteiger partial charge in [-0.25, -0.2) is 9.59 Å². The summed E-state index contributed by atoms with van der Waals surface area (Å²) in [6.07, 6.45) is 8.22. The molecule has 4 heteroatoms. The summed E-state index contributed by atoms with van der Waals surface area (Å²) >= 11 is 0. The number of ether oxygens (including phenoxy) is 2. The molecule has 0 aromatic carbocycles. The van der Waals surface area contributed by atoms with E-state index < -0.39 is 11.9 Å². The zero-order chi connectivity index (χ0) is 12.5. The number of hydrogen-bond acceptors (Lipinski definition) is 4. The molecule has 0 radical (unpaired) electrons. The Hall–Kier alpha value is -1.32. The minimum Gasteiger partial charge on any atom is -0.463 e. The first-order chi connectivity index (χ1) is 8.22. The maximum absolute atomic E-state index is 11.2. The molecule has 0 atom stereocenters. The van der Waals surface area contributed by atoms with E-state index in [0.29, 0.717) is 19.1 Å². The second-order valence-corrected chi connectivity index (χ2v) is 4.19. The molecule has 0 amide bonds. The molecule has 96 valence electrons. The monoisotopic (exact) mass is 240 g/mol. The van der Waals surface area contributed by atoms with Crippen LogP contribution in [0.5, 0.6) is 0 Å². The van der Waals surface area contributed by atoms with Crippen LogP contribution >= 0.6 is 0 Å². The van der Waals surface area contributed by atoms with Crippen molar-refractivity contribution in [2.75, 3.05) is 13.2 Å². The highest BCUT2D eigenvalue weighted by atomic mass is 16.5. The number of esters is 2. The van der Waals surface area contributed by atoms with Gasteiger partial charge in [-0.3, -0.25) is 0 Å². The average molecular weight is 240 g/mol. The molecule has 0 aliphatic heterocycles. The highest BCUT2D eigenvalue weighted by molar-refractivity contribution is 5.91. The van der Waals surface area contributed by atoms with Crippen LogP contribution in [0.4, 0.5) is 0 Å². The van der Waals surface area contributed by atoms with E-state index in [2.05, 4.69) is 4.74 Å². The van der Waals surface area contributed by atoms with Gasteiger partial charge in [0.05, 0.1) is 13.2 Å². The van der Waals surface area contributed by atoms with Crippen LogP contribution in [-0.2, 0) is 19.1 Å². The summed E-state index contributed by atoms with van der Waals surface area (Å²) in [5, 5.41) is 0. The molecule has 17 heavy (non-hydrogen) atoms. The van der Waals surface area contributed by atoms with Gasteiger partial charge in [0.15, 0.2) is 0 Å². The normalized spacial score (nSPS) is 16.3. The van der Waals surface area contributed by atoms with Crippen LogP contribution in [0.3, 0.4) is 0 Å². The van der Waals surface area contributed by atoms with Crippen molar-refractivity contribution in [1.82, 2.24) is 0 Å². The molecule has 0 aromatic rings. The van der Waals surface area contributed by atoms with Gasteiger partial charge in [-0.2, -0.15) is 0 Å². The number of rotatable bonds is 6. The molecule has 1 aliphatic carbocycles. The van der Waals surface area contributed by atoms with E-state index in [0.717, 1.165) is 18.6 Å². The number of carbonyl (C=O) groups is 2. The van der Waals surface area contributed by atoms with Crippen molar-refractivity contribution >= 4 is 11.9 Å². The van der Waals surface area contributed by atoms with Gasteiger partial charge in [0.2, 0.25) is 0 Å². The topological polar surface area (TPSA) is 52.6 Å². The Morgan fingerprint density at radius 3 is 2.29 bits per heavy atom. The molecule has 0 saturated heterocycles. The van der Waals surface area contributed by atoms with Gasteiger partial charge in [-0.1, -0.05) is 25.7 Å². The summed E-state index contributed by atoms with van der Waals surface area (Å²) in [5.41, 5.74) is 0. The maximum Gasteiger partial charge on any atom is 0.331 e. The van der Waals surface area contributed by atoms with E-state index in [4.69, 9.17) is 4.74 Å². The van der Waals surface area contributed by atoms with Gasteiger partial charge in [0.25, 0.3) is 0 Å². The average Bonchev–Trinajstić information content (AvgIpc) is 2.80. The van der Waals surface area contributed by atoms with Crippen LogP contribution in [0.25, 0.3) is 0 Å². The lowest BCUT2D eigenvalue weighted by atomic mass is 10.1. The van der Waals surface area contributed by atoms with Crippen LogP contribution in [0.2, 0.25) is 0 Å². The molecule has 0 heterocycles. The lowest BCUT2D eigenvalue weighted by Crippen LogP contribution is -2.07. The lowest BCUT2D eigenvalue weighted by Gasteiger charge is -2.07. The van der Waals surface area contributed by atoms with Crippen molar-refractivity contribution in [3.8, 4) is 0 Å². The van der Waals surface area contributed by atoms with Gasteiger partial charge in [0, 0.05) is 12.2 Å². The van der Waals surface area contributed by atoms with Crippen LogP contribution < -0.4 is 0 Å². The molecular formula is C13H20O4. The fourth-order valence-electron chi connectivity index (χ4n) is 2.00. The minimum absolute atomic E-state index is 0.305. The Morgan fingerprint density at radius 2 is 1.71 bits per heavy atom. The van der Waals surface area contributed by atoms with Crippen molar-refractivity contribution in [2.24, 2.45) is 5.92 Å². The molecule has 0 N–H and O–H groups in total. The molecule has 4 nitrogen and oxygen atoms in total. The molecule has 0 unspecified atom stereocenters. The first kappa shape index (κ1) is 13.7. The highest BCUT2D eigenvalue weighted by Gasteiger charge is 2.14. The maximum atomic E-state index is 11.2. The van der Waals surface area contributed by atoms with Crippen molar-refractivity contribution in [2.45, 2.75) is 39.0 Å². The Balaban J connectivity index is 2.09. The predicted octanol–water partition coefficient (Wildman–Crippen LogP) is 2.23. The van der Waals surface area contributed by atoms with Crippen molar-refractivity contribution < 1.29 is 19.1 Å². The van der Waals surface area contributed by atoms with E-state index in [1.807, 2.05) is 0 Å². The molecular weight excluding hydrogens is 220 g/mol. The Bertz CT molecular complexity index is 277. The fourth-order valence-corrected chi connectivity index (χ4v) is 2.00. The van der Waals surface area contributed by atoms with Gasteiger partial charge in [-0.15, -0.1) is 0 Å². The van der Waals surface area contributed by atoms with E-state index in [9.17, 15) is 9.59 Å². The van der Waals surface area contributed by atoms with Crippen LogP contribution in [0.1, 0.15) is 39.0 Å². The SMILES string of the molecule is CCOC(=O)/C=C\C(=O)OCCC1CCCC1. The Kier molecular flexibility index (Phi) is 6.37. The molecule has 0 aromatic heterocycles. The first-order valence-corrected chi connectivity index (χ1v) is 6.24. The summed E-state index contributed by atoms with van der Waals surface area (Å²) in [4.78, 5) is 22.1. The second-order valence-electron chi connectivity index (χ2n) is 4.19. The first-order valence-electron chi connectivity index (χ1n) is 6.24. The quantitative estimate of drug-likeness (QED) is 0.527. The van der Waals surface area contributed by atoms with E-state index >= 15 is 0 Å². The molecule has 1 fully saturated rings. The third-order valence-electron chi connectivity index (χ3n) is 2.89. The second kappa shape index (κ2) is 7.87. The van der Waals surface area contributed by atoms with Gasteiger partial charge in [0.1, 0.15) is 0 Å². The highest BCUT2D eigenvalue weighted by Crippen LogP contribution is 2.27. The van der Waals surface area contributed by atoms with Gasteiger partial charge < -0.3 is 9.47 Å². The minimum atomic E-state index is -0.514. The molecule has 1 rings (SSSR count). The lowest BCUT2D eigenvalue weighted by molar-refractivity contribution is -0.140. The van der Waals surface area contributed by atoms with E-state index in [1.165, 1.54) is 25.7 Å². The van der Waals surface area contributed by atoms with Gasteiger partial charge >= 0.3 is 11.9 Å². The van der Waals surface area contributed by atoms with Crippen LogP contribution in [0, 0.1) is 5.92 Å². The van der Waals surface area contributed by atoms with Gasteiger partial charge in [-0.05, 0) is 19.3 Å². The molecule has 1 saturated carbocycles. The third-order valence-corrected chi connectivity index (χ3v) is 2.89. The Labute approximate surface area is 102 Å². The van der Waals surface area contributed by atoms with Crippen molar-refractivity contribution in [3.05, 3.63) is 12.2 Å². The largest absolute Gasteiger partial charge is 0.463 e. The molecule has 0 bridgehead atoms. The number of hydrogen-bond donors (Lipinski definition) is 0. The van der Waals surface area contributed by atoms with Crippen LogP contribution in [0.15, 0.2) is 12.2 Å². The standard InChI is InChI=1S/C13H20O4/c1-2-16-12(14)7-8-13(15)17-10-9-11-5-3-4-6-11/h7-8,11H,2-6,9-10H2,1H3/b8-7-. The summed E-state index contributed by atoms with van der Waals surface area (Å²) in [6.45, 7) is 2.46. The van der Waals surface area contributed by atoms with Crippen molar-refractivity contribution in [1.29, 1.82) is 0 Å². The van der Waals surface area contributed by atoms with E-state index in [1.54, 1.807) is 6.92 Å². The fraction of sp³-hybridized carbons (Fsp3) is 0.692. The summed E-state index contributed by atoms with van der Waals surface area (Å²) in [7, 11) is 0. The summed E-state index contributed by atoms with van der Waals surface area (Å²) in [6, 6.07) is 0. The van der Waals surface area contributed by atoms with Crippen molar-refractivity contribution in [3.63, 3.8) is 0 Å². The summed E-state index contributed by atoms with van der Waals surface area (Å²) in [5.74, 6) is -0.284. The zero-order valence-corrected chi connectivity index (χ0v) is 10.3. The molecule has 1 aliphatic rings. The third kappa shape index (κ3) is 6.09. The zero-order valence-electron chi connectivity index (χ0n) is 10.3. The smallest absolute Gasteiger partial charge is 0.331 e.